The lowest BCUT2D eigenvalue weighted by molar-refractivity contribution is 0.100. The molecule has 4 nitrogen and oxygen atoms in total. The Balaban J connectivity index is 2.37. The van der Waals surface area contributed by atoms with Crippen LogP contribution in [0.2, 0.25) is 5.02 Å². The maximum atomic E-state index is 11.5. The van der Waals surface area contributed by atoms with Crippen molar-refractivity contribution in [3.05, 3.63) is 28.8 Å². The van der Waals surface area contributed by atoms with Gasteiger partial charge in [0.2, 0.25) is 0 Å². The summed E-state index contributed by atoms with van der Waals surface area (Å²) in [5, 5.41) is 3.87. The van der Waals surface area contributed by atoms with Crippen LogP contribution in [0.15, 0.2) is 18.2 Å². The molecule has 0 radical (unpaired) electrons. The molecule has 0 aliphatic carbocycles. The zero-order chi connectivity index (χ0) is 13.1. The molecule has 0 saturated carbocycles. The van der Waals surface area contributed by atoms with Crippen molar-refractivity contribution >= 4 is 23.2 Å². The van der Waals surface area contributed by atoms with Gasteiger partial charge in [0.25, 0.3) is 5.91 Å². The Morgan fingerprint density at radius 1 is 1.56 bits per heavy atom. The molecule has 18 heavy (non-hydrogen) atoms. The summed E-state index contributed by atoms with van der Waals surface area (Å²) in [5.41, 5.74) is 6.83. The number of rotatable bonds is 5. The standard InChI is InChI=1S/C13H18ClN3O/c1-2-5-17(10-7-16-8-10)12-6-9(14)3-4-11(12)13(15)18/h3-4,6,10,16H,2,5,7-8H2,1H3,(H2,15,18). The summed E-state index contributed by atoms with van der Waals surface area (Å²) in [4.78, 5) is 13.7. The van der Waals surface area contributed by atoms with Crippen LogP contribution < -0.4 is 16.0 Å². The van der Waals surface area contributed by atoms with E-state index in [1.165, 1.54) is 0 Å². The van der Waals surface area contributed by atoms with Crippen molar-refractivity contribution < 1.29 is 4.79 Å². The van der Waals surface area contributed by atoms with Gasteiger partial charge in [0, 0.05) is 24.7 Å². The summed E-state index contributed by atoms with van der Waals surface area (Å²) >= 11 is 6.04. The molecule has 0 bridgehead atoms. The van der Waals surface area contributed by atoms with E-state index in [1.54, 1.807) is 12.1 Å². The van der Waals surface area contributed by atoms with Gasteiger partial charge >= 0.3 is 0 Å². The number of benzene rings is 1. The Hall–Kier alpha value is -1.26. The van der Waals surface area contributed by atoms with E-state index in [-0.39, 0.29) is 0 Å². The summed E-state index contributed by atoms with van der Waals surface area (Å²) in [5.74, 6) is -0.407. The van der Waals surface area contributed by atoms with E-state index in [0.29, 0.717) is 16.6 Å². The van der Waals surface area contributed by atoms with Gasteiger partial charge in [-0.15, -0.1) is 0 Å². The second-order valence-electron chi connectivity index (χ2n) is 4.53. The molecular formula is C13H18ClN3O. The van der Waals surface area contributed by atoms with Gasteiger partial charge < -0.3 is 16.0 Å². The van der Waals surface area contributed by atoms with Crippen LogP contribution in [-0.2, 0) is 0 Å². The molecule has 1 aliphatic rings. The van der Waals surface area contributed by atoms with Crippen molar-refractivity contribution in [2.45, 2.75) is 19.4 Å². The topological polar surface area (TPSA) is 58.4 Å². The fourth-order valence-corrected chi connectivity index (χ4v) is 2.35. The van der Waals surface area contributed by atoms with Gasteiger partial charge in [0.1, 0.15) is 0 Å². The minimum Gasteiger partial charge on any atom is -0.366 e. The molecule has 5 heteroatoms. The monoisotopic (exact) mass is 267 g/mol. The third-order valence-electron chi connectivity index (χ3n) is 3.20. The van der Waals surface area contributed by atoms with Crippen molar-refractivity contribution in [3.63, 3.8) is 0 Å². The van der Waals surface area contributed by atoms with Crippen LogP contribution in [0.3, 0.4) is 0 Å². The smallest absolute Gasteiger partial charge is 0.250 e. The number of halogens is 1. The molecule has 98 valence electrons. The first-order chi connectivity index (χ1) is 8.63. The molecule has 1 saturated heterocycles. The first-order valence-corrected chi connectivity index (χ1v) is 6.58. The van der Waals surface area contributed by atoms with E-state index in [1.807, 2.05) is 6.07 Å². The van der Waals surface area contributed by atoms with Gasteiger partial charge in [-0.2, -0.15) is 0 Å². The number of anilines is 1. The maximum Gasteiger partial charge on any atom is 0.250 e. The van der Waals surface area contributed by atoms with Crippen LogP contribution in [0.25, 0.3) is 0 Å². The predicted octanol–water partition coefficient (Wildman–Crippen LogP) is 1.63. The average molecular weight is 268 g/mol. The Morgan fingerprint density at radius 3 is 2.78 bits per heavy atom. The Labute approximate surface area is 112 Å². The Kier molecular flexibility index (Phi) is 4.09. The molecule has 0 aromatic heterocycles. The highest BCUT2D eigenvalue weighted by Crippen LogP contribution is 2.27. The third kappa shape index (κ3) is 2.60. The van der Waals surface area contributed by atoms with Crippen molar-refractivity contribution in [3.8, 4) is 0 Å². The number of primary amides is 1. The number of carbonyl (C=O) groups is 1. The Bertz CT molecular complexity index is 446. The number of nitrogens with two attached hydrogens (primary N) is 1. The van der Waals surface area contributed by atoms with Gasteiger partial charge in [-0.25, -0.2) is 0 Å². The molecule has 0 atom stereocenters. The van der Waals surface area contributed by atoms with Crippen molar-refractivity contribution in [2.24, 2.45) is 5.73 Å². The molecule has 1 aliphatic heterocycles. The zero-order valence-corrected chi connectivity index (χ0v) is 11.2. The zero-order valence-electron chi connectivity index (χ0n) is 10.4. The second kappa shape index (κ2) is 5.59. The van der Waals surface area contributed by atoms with Gasteiger partial charge in [0.15, 0.2) is 0 Å². The predicted molar refractivity (Wildman–Crippen MR) is 74.3 cm³/mol. The number of carbonyl (C=O) groups excluding carboxylic acids is 1. The number of nitrogens with zero attached hydrogens (tertiary/aromatic N) is 1. The molecular weight excluding hydrogens is 250 g/mol. The summed E-state index contributed by atoms with van der Waals surface area (Å²) in [6.45, 7) is 4.88. The molecule has 1 aromatic carbocycles. The molecule has 1 heterocycles. The first kappa shape index (κ1) is 13.2. The van der Waals surface area contributed by atoms with Gasteiger partial charge in [-0.3, -0.25) is 4.79 Å². The third-order valence-corrected chi connectivity index (χ3v) is 3.43. The van der Waals surface area contributed by atoms with Crippen LogP contribution in [0, 0.1) is 0 Å². The summed E-state index contributed by atoms with van der Waals surface area (Å²) in [6.07, 6.45) is 1.02. The van der Waals surface area contributed by atoms with E-state index in [9.17, 15) is 4.79 Å². The highest BCUT2D eigenvalue weighted by Gasteiger charge is 2.26. The van der Waals surface area contributed by atoms with Crippen molar-refractivity contribution in [1.29, 1.82) is 0 Å². The SMILES string of the molecule is CCCN(c1cc(Cl)ccc1C(N)=O)C1CNC1. The minimum absolute atomic E-state index is 0.407. The fourth-order valence-electron chi connectivity index (χ4n) is 2.19. The van der Waals surface area contributed by atoms with E-state index < -0.39 is 5.91 Å². The average Bonchev–Trinajstić information content (AvgIpc) is 2.25. The molecule has 1 fully saturated rings. The quantitative estimate of drug-likeness (QED) is 0.853. The lowest BCUT2D eigenvalue weighted by Gasteiger charge is -2.40. The number of amides is 1. The highest BCUT2D eigenvalue weighted by molar-refractivity contribution is 6.31. The molecule has 1 aromatic rings. The summed E-state index contributed by atoms with van der Waals surface area (Å²) in [6, 6.07) is 5.65. The normalized spacial score (nSPS) is 15.2. The maximum absolute atomic E-state index is 11.5. The molecule has 2 rings (SSSR count). The lowest BCUT2D eigenvalue weighted by atomic mass is 10.1. The molecule has 0 unspecified atom stereocenters. The molecule has 1 amide bonds. The van der Waals surface area contributed by atoms with Gasteiger partial charge in [-0.05, 0) is 24.6 Å². The van der Waals surface area contributed by atoms with Crippen LogP contribution in [0.5, 0.6) is 0 Å². The van der Waals surface area contributed by atoms with E-state index in [4.69, 9.17) is 17.3 Å². The van der Waals surface area contributed by atoms with Crippen molar-refractivity contribution in [2.75, 3.05) is 24.5 Å². The largest absolute Gasteiger partial charge is 0.366 e. The van der Waals surface area contributed by atoms with Crippen LogP contribution in [0.1, 0.15) is 23.7 Å². The highest BCUT2D eigenvalue weighted by atomic mass is 35.5. The molecule has 0 spiro atoms. The Morgan fingerprint density at radius 2 is 2.28 bits per heavy atom. The number of hydrogen-bond donors (Lipinski definition) is 2. The van der Waals surface area contributed by atoms with Crippen molar-refractivity contribution in [1.82, 2.24) is 5.32 Å². The van der Waals surface area contributed by atoms with Gasteiger partial charge in [-0.1, -0.05) is 18.5 Å². The first-order valence-electron chi connectivity index (χ1n) is 6.20. The van der Waals surface area contributed by atoms with Gasteiger partial charge in [0.05, 0.1) is 17.3 Å². The fraction of sp³-hybridized carbons (Fsp3) is 0.462. The van der Waals surface area contributed by atoms with E-state index >= 15 is 0 Å². The second-order valence-corrected chi connectivity index (χ2v) is 4.97. The minimum atomic E-state index is -0.407. The van der Waals surface area contributed by atoms with Crippen LogP contribution in [-0.4, -0.2) is 31.6 Å². The summed E-state index contributed by atoms with van der Waals surface area (Å²) in [7, 11) is 0. The summed E-state index contributed by atoms with van der Waals surface area (Å²) < 4.78 is 0. The van der Waals surface area contributed by atoms with Crippen LogP contribution >= 0.6 is 11.6 Å². The molecule has 3 N–H and O–H groups in total. The number of nitrogens with one attached hydrogen (secondary N) is 1. The number of hydrogen-bond acceptors (Lipinski definition) is 3. The lowest BCUT2D eigenvalue weighted by Crippen LogP contribution is -2.58. The van der Waals surface area contributed by atoms with E-state index in [2.05, 4.69) is 17.1 Å². The van der Waals surface area contributed by atoms with Crippen LogP contribution in [0.4, 0.5) is 5.69 Å². The van der Waals surface area contributed by atoms with E-state index in [0.717, 1.165) is 31.7 Å².